The van der Waals surface area contributed by atoms with E-state index >= 15 is 0 Å². The summed E-state index contributed by atoms with van der Waals surface area (Å²) in [5.41, 5.74) is 4.02. The number of carbonyl (C=O) groups excluding carboxylic acids is 1. The van der Waals surface area contributed by atoms with Crippen LogP contribution in [0.4, 0.5) is 4.79 Å². The summed E-state index contributed by atoms with van der Waals surface area (Å²) in [6.45, 7) is 4.76. The largest absolute Gasteiger partial charge is 0.480 e. The number of aryl methyl sites for hydroxylation is 2. The number of likely N-dealkylation sites (N-methyl/N-ethyl adjacent to an activating group) is 1. The smallest absolute Gasteiger partial charge is 0.317 e. The van der Waals surface area contributed by atoms with Crippen LogP contribution in [-0.2, 0) is 17.6 Å². The van der Waals surface area contributed by atoms with E-state index in [4.69, 9.17) is 5.11 Å². The summed E-state index contributed by atoms with van der Waals surface area (Å²) in [7, 11) is 0. The quantitative estimate of drug-likeness (QED) is 0.686. The Labute approximate surface area is 161 Å². The Kier molecular flexibility index (Phi) is 6.37. The first-order valence-electron chi connectivity index (χ1n) is 10.1. The van der Waals surface area contributed by atoms with Crippen molar-refractivity contribution in [2.24, 2.45) is 0 Å². The molecule has 1 fully saturated rings. The van der Waals surface area contributed by atoms with Crippen LogP contribution < -0.4 is 10.6 Å². The highest BCUT2D eigenvalue weighted by Gasteiger charge is 2.34. The molecule has 2 aliphatic rings. The van der Waals surface area contributed by atoms with Gasteiger partial charge in [-0.05, 0) is 68.7 Å². The van der Waals surface area contributed by atoms with Crippen LogP contribution in [0.3, 0.4) is 0 Å². The van der Waals surface area contributed by atoms with E-state index in [1.54, 1.807) is 0 Å². The second-order valence-corrected chi connectivity index (χ2v) is 7.85. The lowest BCUT2D eigenvalue weighted by molar-refractivity contribution is -0.139. The average Bonchev–Trinajstić information content (AvgIpc) is 2.62. The molecule has 148 valence electrons. The van der Waals surface area contributed by atoms with Crippen molar-refractivity contribution in [3.8, 4) is 0 Å². The predicted octanol–water partition coefficient (Wildman–Crippen LogP) is 2.86. The lowest BCUT2D eigenvalue weighted by Crippen LogP contribution is -2.56. The molecule has 1 aromatic rings. The Balaban J connectivity index is 1.45. The van der Waals surface area contributed by atoms with E-state index in [9.17, 15) is 9.59 Å². The van der Waals surface area contributed by atoms with Gasteiger partial charge >= 0.3 is 12.0 Å². The van der Waals surface area contributed by atoms with Crippen LogP contribution in [0.1, 0.15) is 62.3 Å². The van der Waals surface area contributed by atoms with Crippen molar-refractivity contribution in [2.75, 3.05) is 13.1 Å². The molecule has 27 heavy (non-hydrogen) atoms. The molecule has 3 rings (SSSR count). The van der Waals surface area contributed by atoms with E-state index in [0.29, 0.717) is 6.54 Å². The summed E-state index contributed by atoms with van der Waals surface area (Å²) in [6.07, 6.45) is 6.43. The minimum atomic E-state index is -0.801. The van der Waals surface area contributed by atoms with Gasteiger partial charge in [0, 0.05) is 12.1 Å². The average molecular weight is 373 g/mol. The molecule has 2 aliphatic carbocycles. The van der Waals surface area contributed by atoms with E-state index in [1.165, 1.54) is 24.0 Å². The molecule has 0 aliphatic heterocycles. The SMILES string of the molecule is CCN(CC(=O)O)C1CC(NC(=O)NC(C)c2ccc3c(c2)CCCC3)C1. The Morgan fingerprint density at radius 3 is 2.59 bits per heavy atom. The fraction of sp³-hybridized carbons (Fsp3) is 0.619. The van der Waals surface area contributed by atoms with Crippen LogP contribution in [-0.4, -0.2) is 47.2 Å². The number of carboxylic acid groups (broad SMARTS) is 1. The maximum atomic E-state index is 12.3. The monoisotopic (exact) mass is 373 g/mol. The number of nitrogens with one attached hydrogen (secondary N) is 2. The lowest BCUT2D eigenvalue weighted by Gasteiger charge is -2.42. The number of rotatable bonds is 7. The molecule has 0 heterocycles. The zero-order valence-electron chi connectivity index (χ0n) is 16.3. The van der Waals surface area contributed by atoms with Gasteiger partial charge in [0.1, 0.15) is 0 Å². The molecule has 1 atom stereocenters. The normalized spacial score (nSPS) is 22.5. The van der Waals surface area contributed by atoms with Crippen LogP contribution in [0.25, 0.3) is 0 Å². The Bertz CT molecular complexity index is 685. The molecular formula is C21H31N3O3. The zero-order valence-corrected chi connectivity index (χ0v) is 16.3. The molecule has 6 nitrogen and oxygen atoms in total. The molecular weight excluding hydrogens is 342 g/mol. The minimum Gasteiger partial charge on any atom is -0.480 e. The Hall–Kier alpha value is -2.08. The first kappa shape index (κ1) is 19.7. The lowest BCUT2D eigenvalue weighted by atomic mass is 9.85. The van der Waals surface area contributed by atoms with Crippen LogP contribution in [0.15, 0.2) is 18.2 Å². The van der Waals surface area contributed by atoms with E-state index in [0.717, 1.165) is 31.2 Å². The number of aliphatic carboxylic acids is 1. The molecule has 0 spiro atoms. The fourth-order valence-electron chi connectivity index (χ4n) is 4.21. The number of hydrogen-bond acceptors (Lipinski definition) is 3. The van der Waals surface area contributed by atoms with Gasteiger partial charge in [-0.15, -0.1) is 0 Å². The maximum absolute atomic E-state index is 12.3. The van der Waals surface area contributed by atoms with E-state index in [2.05, 4.69) is 28.8 Å². The number of benzene rings is 1. The van der Waals surface area contributed by atoms with Crippen LogP contribution in [0, 0.1) is 0 Å². The molecule has 0 bridgehead atoms. The Morgan fingerprint density at radius 1 is 1.22 bits per heavy atom. The third-order valence-electron chi connectivity index (χ3n) is 5.93. The number of hydrogen-bond donors (Lipinski definition) is 3. The van der Waals surface area contributed by atoms with Crippen molar-refractivity contribution in [3.63, 3.8) is 0 Å². The van der Waals surface area contributed by atoms with Gasteiger partial charge in [-0.1, -0.05) is 25.1 Å². The number of carbonyl (C=O) groups is 2. The molecule has 1 unspecified atom stereocenters. The van der Waals surface area contributed by atoms with Gasteiger partial charge < -0.3 is 15.7 Å². The molecule has 1 aromatic carbocycles. The highest BCUT2D eigenvalue weighted by Crippen LogP contribution is 2.26. The van der Waals surface area contributed by atoms with Gasteiger partial charge in [-0.3, -0.25) is 9.69 Å². The second-order valence-electron chi connectivity index (χ2n) is 7.85. The first-order valence-corrected chi connectivity index (χ1v) is 10.1. The predicted molar refractivity (Wildman–Crippen MR) is 105 cm³/mol. The summed E-state index contributed by atoms with van der Waals surface area (Å²) in [6, 6.07) is 6.75. The summed E-state index contributed by atoms with van der Waals surface area (Å²) in [5.74, 6) is -0.801. The van der Waals surface area contributed by atoms with Crippen LogP contribution in [0.2, 0.25) is 0 Å². The van der Waals surface area contributed by atoms with Crippen molar-refractivity contribution in [3.05, 3.63) is 34.9 Å². The summed E-state index contributed by atoms with van der Waals surface area (Å²) < 4.78 is 0. The summed E-state index contributed by atoms with van der Waals surface area (Å²) in [4.78, 5) is 25.2. The molecule has 1 saturated carbocycles. The number of amides is 2. The molecule has 2 amide bonds. The number of nitrogens with zero attached hydrogens (tertiary/aromatic N) is 1. The third-order valence-corrected chi connectivity index (χ3v) is 5.93. The molecule has 6 heteroatoms. The number of carboxylic acids is 1. The third kappa shape index (κ3) is 5.01. The van der Waals surface area contributed by atoms with Gasteiger partial charge in [0.15, 0.2) is 0 Å². The number of fused-ring (bicyclic) bond motifs is 1. The van der Waals surface area contributed by atoms with Crippen molar-refractivity contribution < 1.29 is 14.7 Å². The minimum absolute atomic E-state index is 0.0350. The van der Waals surface area contributed by atoms with Gasteiger partial charge in [-0.2, -0.15) is 0 Å². The standard InChI is InChI=1S/C21H31N3O3/c1-3-24(13-20(25)26)19-11-18(12-19)23-21(27)22-14(2)16-9-8-15-6-4-5-7-17(15)10-16/h8-10,14,18-19H,3-7,11-13H2,1-2H3,(H,25,26)(H2,22,23,27). The van der Waals surface area contributed by atoms with E-state index in [1.807, 2.05) is 18.7 Å². The number of urea groups is 1. The van der Waals surface area contributed by atoms with Crippen LogP contribution >= 0.6 is 0 Å². The molecule has 0 radical (unpaired) electrons. The van der Waals surface area contributed by atoms with E-state index < -0.39 is 5.97 Å². The zero-order chi connectivity index (χ0) is 19.4. The van der Waals surface area contributed by atoms with Crippen molar-refractivity contribution in [1.82, 2.24) is 15.5 Å². The molecule has 3 N–H and O–H groups in total. The van der Waals surface area contributed by atoms with Gasteiger partial charge in [-0.25, -0.2) is 4.79 Å². The topological polar surface area (TPSA) is 81.7 Å². The summed E-state index contributed by atoms with van der Waals surface area (Å²) >= 11 is 0. The second kappa shape index (κ2) is 8.74. The maximum Gasteiger partial charge on any atom is 0.317 e. The molecule has 0 saturated heterocycles. The fourth-order valence-corrected chi connectivity index (χ4v) is 4.21. The highest BCUT2D eigenvalue weighted by molar-refractivity contribution is 5.75. The van der Waals surface area contributed by atoms with Gasteiger partial charge in [0.05, 0.1) is 12.6 Å². The van der Waals surface area contributed by atoms with E-state index in [-0.39, 0.29) is 30.7 Å². The van der Waals surface area contributed by atoms with Crippen LogP contribution in [0.5, 0.6) is 0 Å². The van der Waals surface area contributed by atoms with Gasteiger partial charge in [0.25, 0.3) is 0 Å². The highest BCUT2D eigenvalue weighted by atomic mass is 16.4. The first-order chi connectivity index (χ1) is 13.0. The van der Waals surface area contributed by atoms with Crippen molar-refractivity contribution >= 4 is 12.0 Å². The van der Waals surface area contributed by atoms with Crippen molar-refractivity contribution in [2.45, 2.75) is 70.5 Å². The summed E-state index contributed by atoms with van der Waals surface area (Å²) in [5, 5.41) is 15.0. The molecule has 0 aromatic heterocycles. The van der Waals surface area contributed by atoms with Crippen molar-refractivity contribution in [1.29, 1.82) is 0 Å². The van der Waals surface area contributed by atoms with Gasteiger partial charge in [0.2, 0.25) is 0 Å². The Morgan fingerprint density at radius 2 is 1.93 bits per heavy atom.